The van der Waals surface area contributed by atoms with Crippen LogP contribution in [0.3, 0.4) is 0 Å². The van der Waals surface area contributed by atoms with Crippen LogP contribution in [0, 0.1) is 18.3 Å². The van der Waals surface area contributed by atoms with Gasteiger partial charge in [-0.25, -0.2) is 0 Å². The average molecular weight is 504 g/mol. The lowest BCUT2D eigenvalue weighted by molar-refractivity contribution is -0.137. The van der Waals surface area contributed by atoms with E-state index in [-0.39, 0.29) is 28.8 Å². The zero-order chi connectivity index (χ0) is 25.3. The van der Waals surface area contributed by atoms with Gasteiger partial charge in [-0.05, 0) is 43.3 Å². The zero-order valence-electron chi connectivity index (χ0n) is 18.0. The Morgan fingerprint density at radius 1 is 1.34 bits per heavy atom. The molecule has 4 N–H and O–H groups in total. The van der Waals surface area contributed by atoms with Crippen LogP contribution in [-0.2, 0) is 11.0 Å². The maximum Gasteiger partial charge on any atom is 0.416 e. The van der Waals surface area contributed by atoms with Crippen molar-refractivity contribution in [1.29, 1.82) is 5.26 Å². The van der Waals surface area contributed by atoms with E-state index < -0.39 is 30.2 Å². The quantitative estimate of drug-likeness (QED) is 0.466. The molecule has 12 heteroatoms. The van der Waals surface area contributed by atoms with Gasteiger partial charge in [0.1, 0.15) is 17.4 Å². The molecule has 2 heterocycles. The van der Waals surface area contributed by atoms with Crippen LogP contribution in [0.2, 0.25) is 5.02 Å². The summed E-state index contributed by atoms with van der Waals surface area (Å²) in [6.45, 7) is 1.22. The first-order valence-corrected chi connectivity index (χ1v) is 10.5. The number of allylic oxidation sites excluding steroid dienone is 1. The van der Waals surface area contributed by atoms with Crippen LogP contribution in [-0.4, -0.2) is 22.7 Å². The van der Waals surface area contributed by atoms with Gasteiger partial charge in [0.15, 0.2) is 6.61 Å². The fourth-order valence-electron chi connectivity index (χ4n) is 3.70. The second-order valence-corrected chi connectivity index (χ2v) is 8.03. The Bertz CT molecular complexity index is 1380. The molecule has 4 rings (SSSR count). The molecule has 0 aliphatic carbocycles. The van der Waals surface area contributed by atoms with E-state index in [4.69, 9.17) is 26.8 Å². The van der Waals surface area contributed by atoms with E-state index in [1.54, 1.807) is 13.0 Å². The van der Waals surface area contributed by atoms with Crippen LogP contribution in [0.25, 0.3) is 0 Å². The number of amides is 1. The fraction of sp³-hybridized carbons (Fsp3) is 0.174. The summed E-state index contributed by atoms with van der Waals surface area (Å²) in [4.78, 5) is 12.4. The number of halogens is 4. The van der Waals surface area contributed by atoms with Crippen LogP contribution in [0.4, 0.5) is 18.9 Å². The number of nitrogens with one attached hydrogen (secondary N) is 2. The maximum absolute atomic E-state index is 12.9. The predicted octanol–water partition coefficient (Wildman–Crippen LogP) is 4.63. The number of nitrogens with two attached hydrogens (primary N) is 1. The minimum absolute atomic E-state index is 0.0321. The number of alkyl halides is 3. The van der Waals surface area contributed by atoms with Crippen molar-refractivity contribution in [2.24, 2.45) is 5.73 Å². The third-order valence-electron chi connectivity index (χ3n) is 5.24. The molecule has 1 unspecified atom stereocenters. The van der Waals surface area contributed by atoms with Crippen molar-refractivity contribution in [2.75, 3.05) is 11.9 Å². The Hall–Kier alpha value is -4.17. The summed E-state index contributed by atoms with van der Waals surface area (Å²) < 4.78 is 49.9. The first-order valence-electron chi connectivity index (χ1n) is 10.1. The molecule has 2 aromatic carbocycles. The Morgan fingerprint density at radius 3 is 2.83 bits per heavy atom. The third-order valence-corrected chi connectivity index (χ3v) is 5.48. The highest BCUT2D eigenvalue weighted by molar-refractivity contribution is 6.30. The van der Waals surface area contributed by atoms with Crippen LogP contribution in [0.5, 0.6) is 11.6 Å². The van der Waals surface area contributed by atoms with Gasteiger partial charge < -0.3 is 20.5 Å². The molecule has 1 atom stereocenters. The minimum Gasteiger partial charge on any atom is -0.483 e. The molecular formula is C23H17ClF3N5O3. The molecule has 1 amide bonds. The van der Waals surface area contributed by atoms with Crippen molar-refractivity contribution in [2.45, 2.75) is 19.0 Å². The number of hydrogen-bond donors (Lipinski definition) is 3. The van der Waals surface area contributed by atoms with Crippen LogP contribution in [0.15, 0.2) is 53.9 Å². The van der Waals surface area contributed by atoms with Crippen molar-refractivity contribution in [3.63, 3.8) is 0 Å². The SMILES string of the molecule is Cc1[nH]nc2c1C(c1cc(Cl)ccc1OCC(=O)Nc1cccc(C(F)(F)F)c1)C(C#N)=C(N)O2. The van der Waals surface area contributed by atoms with Crippen LogP contribution < -0.4 is 20.5 Å². The number of aryl methyl sites for hydroxylation is 1. The Balaban J connectivity index is 1.61. The van der Waals surface area contributed by atoms with Gasteiger partial charge in [0.25, 0.3) is 5.91 Å². The molecule has 0 radical (unpaired) electrons. The van der Waals surface area contributed by atoms with E-state index in [9.17, 15) is 23.2 Å². The number of fused-ring (bicyclic) bond motifs is 1. The molecule has 180 valence electrons. The number of anilines is 1. The van der Waals surface area contributed by atoms with E-state index in [2.05, 4.69) is 15.5 Å². The Kier molecular flexibility index (Phi) is 6.32. The summed E-state index contributed by atoms with van der Waals surface area (Å²) in [5, 5.41) is 19.3. The first-order chi connectivity index (χ1) is 16.6. The number of benzene rings is 2. The maximum atomic E-state index is 12.9. The average Bonchev–Trinajstić information content (AvgIpc) is 3.16. The summed E-state index contributed by atoms with van der Waals surface area (Å²) in [6.07, 6.45) is -4.54. The number of nitriles is 1. The van der Waals surface area contributed by atoms with Crippen molar-refractivity contribution in [1.82, 2.24) is 10.2 Å². The van der Waals surface area contributed by atoms with E-state index in [0.717, 1.165) is 12.1 Å². The predicted molar refractivity (Wildman–Crippen MR) is 120 cm³/mol. The van der Waals surface area contributed by atoms with Gasteiger partial charge in [0.2, 0.25) is 11.8 Å². The van der Waals surface area contributed by atoms with Crippen molar-refractivity contribution in [3.8, 4) is 17.7 Å². The molecule has 1 aliphatic heterocycles. The van der Waals surface area contributed by atoms with Gasteiger partial charge in [-0.3, -0.25) is 9.89 Å². The number of aromatic amines is 1. The minimum atomic E-state index is -4.54. The molecule has 8 nitrogen and oxygen atoms in total. The summed E-state index contributed by atoms with van der Waals surface area (Å²) in [5.41, 5.74) is 6.72. The lowest BCUT2D eigenvalue weighted by Crippen LogP contribution is -2.23. The van der Waals surface area contributed by atoms with Gasteiger partial charge in [-0.15, -0.1) is 5.10 Å². The Labute approximate surface area is 202 Å². The summed E-state index contributed by atoms with van der Waals surface area (Å²) in [7, 11) is 0. The molecular weight excluding hydrogens is 487 g/mol. The lowest BCUT2D eigenvalue weighted by atomic mass is 9.83. The van der Waals surface area contributed by atoms with Gasteiger partial charge >= 0.3 is 6.18 Å². The number of H-pyrrole nitrogens is 1. The molecule has 0 saturated heterocycles. The number of ether oxygens (including phenoxy) is 2. The second kappa shape index (κ2) is 9.23. The van der Waals surface area contributed by atoms with E-state index in [0.29, 0.717) is 21.8 Å². The lowest BCUT2D eigenvalue weighted by Gasteiger charge is -2.25. The number of nitrogens with zero attached hydrogens (tertiary/aromatic N) is 2. The highest BCUT2D eigenvalue weighted by Gasteiger charge is 2.36. The summed E-state index contributed by atoms with van der Waals surface area (Å²) >= 11 is 6.21. The third kappa shape index (κ3) is 4.88. The smallest absolute Gasteiger partial charge is 0.416 e. The largest absolute Gasteiger partial charge is 0.483 e. The first kappa shape index (κ1) is 24.0. The summed E-state index contributed by atoms with van der Waals surface area (Å²) in [5.74, 6) is -1.16. The molecule has 0 spiro atoms. The number of aromatic nitrogens is 2. The fourth-order valence-corrected chi connectivity index (χ4v) is 3.88. The molecule has 0 fully saturated rings. The number of rotatable bonds is 5. The van der Waals surface area contributed by atoms with Crippen molar-refractivity contribution >= 4 is 23.2 Å². The van der Waals surface area contributed by atoms with Crippen LogP contribution in [0.1, 0.15) is 28.3 Å². The molecule has 0 saturated carbocycles. The number of carbonyl (C=O) groups excluding carboxylic acids is 1. The molecule has 35 heavy (non-hydrogen) atoms. The van der Waals surface area contributed by atoms with Crippen molar-refractivity contribution < 1.29 is 27.4 Å². The topological polar surface area (TPSA) is 126 Å². The summed E-state index contributed by atoms with van der Waals surface area (Å²) in [6, 6.07) is 10.9. The second-order valence-electron chi connectivity index (χ2n) is 7.59. The Morgan fingerprint density at radius 2 is 2.11 bits per heavy atom. The van der Waals surface area contributed by atoms with E-state index >= 15 is 0 Å². The highest BCUT2D eigenvalue weighted by atomic mass is 35.5. The number of hydrogen-bond acceptors (Lipinski definition) is 6. The monoisotopic (exact) mass is 503 g/mol. The zero-order valence-corrected chi connectivity index (χ0v) is 18.8. The van der Waals surface area contributed by atoms with Gasteiger partial charge in [-0.1, -0.05) is 17.7 Å². The normalized spacial score (nSPS) is 15.1. The van der Waals surface area contributed by atoms with Gasteiger partial charge in [-0.2, -0.15) is 18.4 Å². The van der Waals surface area contributed by atoms with Crippen molar-refractivity contribution in [3.05, 3.63) is 81.3 Å². The molecule has 0 bridgehead atoms. The highest BCUT2D eigenvalue weighted by Crippen LogP contribution is 2.46. The molecule has 1 aromatic heterocycles. The molecule has 1 aliphatic rings. The van der Waals surface area contributed by atoms with Crippen LogP contribution >= 0.6 is 11.6 Å². The van der Waals surface area contributed by atoms with E-state index in [1.165, 1.54) is 24.3 Å². The number of carbonyl (C=O) groups is 1. The van der Waals surface area contributed by atoms with E-state index in [1.807, 2.05) is 6.07 Å². The molecule has 3 aromatic rings. The standard InChI is InChI=1S/C23H17ClF3N5O3/c1-11-19-20(16(9-28)21(29)35-22(19)32-31-11)15-8-13(24)5-6-17(15)34-10-18(33)30-14-4-2-3-12(7-14)23(25,26)27/h2-8,20H,10,29H2,1H3,(H,30,33)(H,31,32). The van der Waals surface area contributed by atoms with Gasteiger partial charge in [0.05, 0.1) is 11.5 Å². The van der Waals surface area contributed by atoms with Gasteiger partial charge in [0, 0.05) is 27.5 Å².